The van der Waals surface area contributed by atoms with Crippen molar-refractivity contribution in [2.75, 3.05) is 13.7 Å². The van der Waals surface area contributed by atoms with Gasteiger partial charge in [-0.05, 0) is 6.07 Å². The second-order valence-electron chi connectivity index (χ2n) is 5.01. The molecule has 22 heavy (non-hydrogen) atoms. The SMILES string of the molecule is COc1nn(C)cc1C(=O)N1CCc2occc2C1C(=O)O. The van der Waals surface area contributed by atoms with Gasteiger partial charge in [0.15, 0.2) is 6.04 Å². The Bertz CT molecular complexity index is 733. The molecule has 0 aromatic carbocycles. The van der Waals surface area contributed by atoms with Crippen LogP contribution in [-0.2, 0) is 18.3 Å². The van der Waals surface area contributed by atoms with E-state index in [0.29, 0.717) is 17.7 Å². The molecule has 116 valence electrons. The first-order valence-electron chi connectivity index (χ1n) is 6.70. The molecule has 0 aliphatic carbocycles. The number of rotatable bonds is 3. The van der Waals surface area contributed by atoms with Crippen molar-refractivity contribution in [2.45, 2.75) is 12.5 Å². The summed E-state index contributed by atoms with van der Waals surface area (Å²) in [4.78, 5) is 25.7. The molecule has 0 saturated carbocycles. The zero-order valence-electron chi connectivity index (χ0n) is 12.1. The summed E-state index contributed by atoms with van der Waals surface area (Å²) in [5.41, 5.74) is 0.748. The number of furan rings is 1. The number of carbonyl (C=O) groups excluding carboxylic acids is 1. The maximum atomic E-state index is 12.7. The van der Waals surface area contributed by atoms with Crippen molar-refractivity contribution in [3.8, 4) is 5.88 Å². The maximum Gasteiger partial charge on any atom is 0.331 e. The molecular weight excluding hydrogens is 290 g/mol. The van der Waals surface area contributed by atoms with Crippen molar-refractivity contribution in [2.24, 2.45) is 7.05 Å². The molecule has 1 aliphatic rings. The minimum absolute atomic E-state index is 0.176. The summed E-state index contributed by atoms with van der Waals surface area (Å²) in [6.45, 7) is 0.258. The van der Waals surface area contributed by atoms with Gasteiger partial charge in [0.05, 0.1) is 13.4 Å². The Labute approximate surface area is 125 Å². The first-order valence-corrected chi connectivity index (χ1v) is 6.70. The Morgan fingerprint density at radius 2 is 2.27 bits per heavy atom. The van der Waals surface area contributed by atoms with Crippen molar-refractivity contribution >= 4 is 11.9 Å². The van der Waals surface area contributed by atoms with Gasteiger partial charge in [0.2, 0.25) is 5.88 Å². The number of carbonyl (C=O) groups is 2. The van der Waals surface area contributed by atoms with Crippen LogP contribution in [0.2, 0.25) is 0 Å². The molecule has 8 nitrogen and oxygen atoms in total. The molecule has 8 heteroatoms. The van der Waals surface area contributed by atoms with Gasteiger partial charge < -0.3 is 19.2 Å². The number of hydrogen-bond acceptors (Lipinski definition) is 5. The molecule has 1 unspecified atom stereocenters. The number of aliphatic carboxylic acids is 1. The van der Waals surface area contributed by atoms with Crippen molar-refractivity contribution in [1.29, 1.82) is 0 Å². The Morgan fingerprint density at radius 3 is 2.95 bits per heavy atom. The lowest BCUT2D eigenvalue weighted by molar-refractivity contribution is -0.143. The van der Waals surface area contributed by atoms with E-state index in [1.54, 1.807) is 13.1 Å². The number of carboxylic acid groups (broad SMARTS) is 1. The first kappa shape index (κ1) is 14.2. The quantitative estimate of drug-likeness (QED) is 0.902. The normalized spacial score (nSPS) is 17.2. The average molecular weight is 305 g/mol. The summed E-state index contributed by atoms with van der Waals surface area (Å²) >= 11 is 0. The first-order chi connectivity index (χ1) is 10.5. The Balaban J connectivity index is 2.00. The van der Waals surface area contributed by atoms with Crippen LogP contribution in [0.25, 0.3) is 0 Å². The Hall–Kier alpha value is -2.77. The minimum Gasteiger partial charge on any atom is -0.479 e. The molecule has 0 bridgehead atoms. The van der Waals surface area contributed by atoms with Crippen LogP contribution < -0.4 is 4.74 Å². The molecular formula is C14H15N3O5. The number of hydrogen-bond donors (Lipinski definition) is 1. The van der Waals surface area contributed by atoms with Gasteiger partial charge in [-0.25, -0.2) is 4.79 Å². The van der Waals surface area contributed by atoms with Crippen molar-refractivity contribution in [3.05, 3.63) is 35.4 Å². The maximum absolute atomic E-state index is 12.7. The van der Waals surface area contributed by atoms with Crippen LogP contribution in [0.5, 0.6) is 5.88 Å². The average Bonchev–Trinajstić information content (AvgIpc) is 3.10. The summed E-state index contributed by atoms with van der Waals surface area (Å²) in [5, 5.41) is 13.5. The van der Waals surface area contributed by atoms with E-state index in [2.05, 4.69) is 5.10 Å². The van der Waals surface area contributed by atoms with Gasteiger partial charge in [0.1, 0.15) is 11.3 Å². The molecule has 1 amide bonds. The third-order valence-corrected chi connectivity index (χ3v) is 3.68. The van der Waals surface area contributed by atoms with Gasteiger partial charge in [0.25, 0.3) is 5.91 Å². The standard InChI is InChI=1S/C14H15N3O5/c1-16-7-9(12(15-16)21-2)13(18)17-5-3-10-8(4-6-22-10)11(17)14(19)20/h4,6-7,11H,3,5H2,1-2H3,(H,19,20). The second-order valence-corrected chi connectivity index (χ2v) is 5.01. The zero-order chi connectivity index (χ0) is 15.9. The van der Waals surface area contributed by atoms with Crippen LogP contribution in [0, 0.1) is 0 Å². The predicted molar refractivity (Wildman–Crippen MR) is 73.6 cm³/mol. The van der Waals surface area contributed by atoms with Crippen LogP contribution in [0.15, 0.2) is 22.9 Å². The molecule has 1 atom stereocenters. The van der Waals surface area contributed by atoms with Crippen molar-refractivity contribution < 1.29 is 23.8 Å². The molecule has 3 rings (SSSR count). The number of aromatic nitrogens is 2. The molecule has 0 radical (unpaired) electrons. The van der Waals surface area contributed by atoms with Gasteiger partial charge in [-0.1, -0.05) is 0 Å². The van der Waals surface area contributed by atoms with Crippen LogP contribution in [0.1, 0.15) is 27.7 Å². The smallest absolute Gasteiger partial charge is 0.331 e. The van der Waals surface area contributed by atoms with Crippen molar-refractivity contribution in [3.63, 3.8) is 0 Å². The summed E-state index contributed by atoms with van der Waals surface area (Å²) in [6, 6.07) is 0.522. The third kappa shape index (κ3) is 2.12. The number of fused-ring (bicyclic) bond motifs is 1. The minimum atomic E-state index is -1.10. The van der Waals surface area contributed by atoms with Gasteiger partial charge in [-0.3, -0.25) is 9.48 Å². The molecule has 1 N–H and O–H groups in total. The molecule has 2 aromatic rings. The van der Waals surface area contributed by atoms with Gasteiger partial charge in [-0.2, -0.15) is 0 Å². The Kier molecular flexibility index (Phi) is 3.36. The van der Waals surface area contributed by atoms with Gasteiger partial charge >= 0.3 is 5.97 Å². The highest BCUT2D eigenvalue weighted by Crippen LogP contribution is 2.33. The highest BCUT2D eigenvalue weighted by Gasteiger charge is 2.39. The van der Waals surface area contributed by atoms with E-state index in [1.165, 1.54) is 29.2 Å². The van der Waals surface area contributed by atoms with Crippen molar-refractivity contribution in [1.82, 2.24) is 14.7 Å². The highest BCUT2D eigenvalue weighted by atomic mass is 16.5. The Morgan fingerprint density at radius 1 is 1.50 bits per heavy atom. The monoisotopic (exact) mass is 305 g/mol. The number of methoxy groups -OCH3 is 1. The highest BCUT2D eigenvalue weighted by molar-refractivity contribution is 5.98. The summed E-state index contributed by atoms with van der Waals surface area (Å²) < 4.78 is 11.8. The lowest BCUT2D eigenvalue weighted by atomic mass is 9.98. The number of nitrogens with zero attached hydrogens (tertiary/aromatic N) is 3. The van der Waals surface area contributed by atoms with E-state index in [-0.39, 0.29) is 18.0 Å². The van der Waals surface area contributed by atoms with Crippen LogP contribution in [-0.4, -0.2) is 45.3 Å². The largest absolute Gasteiger partial charge is 0.479 e. The zero-order valence-corrected chi connectivity index (χ0v) is 12.1. The topological polar surface area (TPSA) is 97.8 Å². The van der Waals surface area contributed by atoms with E-state index >= 15 is 0 Å². The molecule has 0 spiro atoms. The fourth-order valence-electron chi connectivity index (χ4n) is 2.72. The molecule has 0 saturated heterocycles. The van der Waals surface area contributed by atoms with E-state index in [1.807, 2.05) is 0 Å². The van der Waals surface area contributed by atoms with Crippen LogP contribution in [0.3, 0.4) is 0 Å². The van der Waals surface area contributed by atoms with E-state index in [0.717, 1.165) is 0 Å². The molecule has 3 heterocycles. The molecule has 1 aliphatic heterocycles. The predicted octanol–water partition coefficient (Wildman–Crippen LogP) is 0.846. The van der Waals surface area contributed by atoms with Gasteiger partial charge in [0, 0.05) is 31.8 Å². The van der Waals surface area contributed by atoms with E-state index in [4.69, 9.17) is 9.15 Å². The molecule has 2 aromatic heterocycles. The third-order valence-electron chi connectivity index (χ3n) is 3.68. The van der Waals surface area contributed by atoms with E-state index in [9.17, 15) is 14.7 Å². The fourth-order valence-corrected chi connectivity index (χ4v) is 2.72. The van der Waals surface area contributed by atoms with Crippen LogP contribution >= 0.6 is 0 Å². The number of aryl methyl sites for hydroxylation is 1. The number of amides is 1. The second kappa shape index (κ2) is 5.21. The molecule has 0 fully saturated rings. The van der Waals surface area contributed by atoms with E-state index < -0.39 is 17.9 Å². The fraction of sp³-hybridized carbons (Fsp3) is 0.357. The lowest BCUT2D eigenvalue weighted by Crippen LogP contribution is -2.43. The van der Waals surface area contributed by atoms with Crippen LogP contribution in [0.4, 0.5) is 0 Å². The summed E-state index contributed by atoms with van der Waals surface area (Å²) in [6.07, 6.45) is 3.44. The lowest BCUT2D eigenvalue weighted by Gasteiger charge is -2.32. The summed E-state index contributed by atoms with van der Waals surface area (Å²) in [5.74, 6) is -0.744. The van der Waals surface area contributed by atoms with Gasteiger partial charge in [-0.15, -0.1) is 5.10 Å². The summed E-state index contributed by atoms with van der Waals surface area (Å²) in [7, 11) is 3.08. The number of carboxylic acids is 1. The number of ether oxygens (including phenoxy) is 1.